The number of carbonyl (C=O) groups is 1. The molecule has 1 aliphatic heterocycles. The third kappa shape index (κ3) is 5.06. The minimum Gasteiger partial charge on any atom is -0.306 e. The zero-order chi connectivity index (χ0) is 26.9. The van der Waals surface area contributed by atoms with Crippen LogP contribution in [0.5, 0.6) is 0 Å². The number of carbonyl (C=O) groups excluding carboxylic acids is 1. The summed E-state index contributed by atoms with van der Waals surface area (Å²) in [4.78, 5) is 13.4. The van der Waals surface area contributed by atoms with E-state index in [2.05, 4.69) is 21.2 Å². The topological polar surface area (TPSA) is 44.7 Å². The van der Waals surface area contributed by atoms with Gasteiger partial charge < -0.3 is 5.32 Å². The number of urea groups is 1. The molecule has 0 aromatic heterocycles. The van der Waals surface area contributed by atoms with Gasteiger partial charge in [0, 0.05) is 15.2 Å². The molecule has 38 heavy (non-hydrogen) atoms. The van der Waals surface area contributed by atoms with Crippen LogP contribution in [0.2, 0.25) is 5.02 Å². The van der Waals surface area contributed by atoms with Gasteiger partial charge in [-0.15, -0.1) is 0 Å². The molecule has 1 aliphatic rings. The average molecular weight is 599 g/mol. The molecule has 0 saturated carbocycles. The zero-order valence-corrected chi connectivity index (χ0v) is 22.1. The van der Waals surface area contributed by atoms with Gasteiger partial charge >= 0.3 is 12.2 Å². The first-order valence-electron chi connectivity index (χ1n) is 11.6. The molecule has 1 heterocycles. The summed E-state index contributed by atoms with van der Waals surface area (Å²) in [5.74, 6) is 0. The molecule has 192 valence electrons. The summed E-state index contributed by atoms with van der Waals surface area (Å²) in [6.07, 6.45) is -4.47. The van der Waals surface area contributed by atoms with E-state index >= 15 is 0 Å². The maximum absolute atomic E-state index is 13.4. The van der Waals surface area contributed by atoms with Crippen LogP contribution < -0.4 is 5.32 Å². The molecule has 5 rings (SSSR count). The van der Waals surface area contributed by atoms with Gasteiger partial charge in [0.15, 0.2) is 0 Å². The van der Waals surface area contributed by atoms with Crippen molar-refractivity contribution in [2.45, 2.75) is 11.6 Å². The van der Waals surface area contributed by atoms with E-state index < -0.39 is 23.2 Å². The minimum absolute atomic E-state index is 0.0721. The molecule has 0 saturated heterocycles. The number of amides is 2. The molecule has 1 N–H and O–H groups in total. The summed E-state index contributed by atoms with van der Waals surface area (Å²) in [6, 6.07) is 28.0. The van der Waals surface area contributed by atoms with Gasteiger partial charge in [0.05, 0.1) is 23.2 Å². The van der Waals surface area contributed by atoms with E-state index in [1.807, 2.05) is 30.3 Å². The van der Waals surface area contributed by atoms with Crippen molar-refractivity contribution < 1.29 is 18.0 Å². The predicted octanol–water partition coefficient (Wildman–Crippen LogP) is 8.36. The zero-order valence-electron chi connectivity index (χ0n) is 19.7. The Bertz CT molecular complexity index is 1480. The monoisotopic (exact) mass is 597 g/mol. The normalized spacial score (nSPS) is 17.3. The Hall–Kier alpha value is -3.62. The van der Waals surface area contributed by atoms with E-state index in [0.29, 0.717) is 27.5 Å². The first kappa shape index (κ1) is 26.0. The van der Waals surface area contributed by atoms with Crippen molar-refractivity contribution in [3.63, 3.8) is 0 Å². The number of halogens is 5. The van der Waals surface area contributed by atoms with Gasteiger partial charge in [-0.2, -0.15) is 18.3 Å². The van der Waals surface area contributed by atoms with E-state index in [4.69, 9.17) is 16.7 Å². The number of hydrazone groups is 1. The molecule has 0 aliphatic carbocycles. The van der Waals surface area contributed by atoms with Crippen LogP contribution in [-0.2, 0) is 11.6 Å². The van der Waals surface area contributed by atoms with Crippen LogP contribution in [0.1, 0.15) is 22.3 Å². The summed E-state index contributed by atoms with van der Waals surface area (Å²) in [7, 11) is 0. The van der Waals surface area contributed by atoms with Gasteiger partial charge in [0.1, 0.15) is 0 Å². The van der Waals surface area contributed by atoms with Crippen LogP contribution in [0.4, 0.5) is 23.7 Å². The van der Waals surface area contributed by atoms with E-state index in [0.717, 1.165) is 22.2 Å². The van der Waals surface area contributed by atoms with Gasteiger partial charge in [0.25, 0.3) is 0 Å². The van der Waals surface area contributed by atoms with E-state index in [9.17, 15) is 18.0 Å². The SMILES string of the molecule is O=C(Nc1ccc(Br)cc1)N1CC(c2ccccc2)(c2ccc(C(F)(F)F)cc2)C(c2ccc(Cl)cc2)=N1. The predicted molar refractivity (Wildman–Crippen MR) is 147 cm³/mol. The van der Waals surface area contributed by atoms with E-state index in [-0.39, 0.29) is 6.54 Å². The molecule has 4 nitrogen and oxygen atoms in total. The van der Waals surface area contributed by atoms with Crippen molar-refractivity contribution in [2.75, 3.05) is 11.9 Å². The summed E-state index contributed by atoms with van der Waals surface area (Å²) >= 11 is 9.52. The molecule has 4 aromatic rings. The third-order valence-corrected chi connectivity index (χ3v) is 7.21. The summed E-state index contributed by atoms with van der Waals surface area (Å²) in [6.45, 7) is 0.0721. The molecule has 0 radical (unpaired) electrons. The fourth-order valence-corrected chi connectivity index (χ4v) is 4.97. The fourth-order valence-electron chi connectivity index (χ4n) is 4.58. The van der Waals surface area contributed by atoms with Gasteiger partial charge in [-0.25, -0.2) is 9.80 Å². The highest BCUT2D eigenvalue weighted by atomic mass is 79.9. The molecule has 0 fully saturated rings. The summed E-state index contributed by atoms with van der Waals surface area (Å²) < 4.78 is 41.0. The summed E-state index contributed by atoms with van der Waals surface area (Å²) in [5.41, 5.74) is 1.35. The first-order chi connectivity index (χ1) is 18.2. The molecule has 0 bridgehead atoms. The first-order valence-corrected chi connectivity index (χ1v) is 12.8. The fraction of sp³-hybridized carbons (Fsp3) is 0.103. The lowest BCUT2D eigenvalue weighted by atomic mass is 9.69. The van der Waals surface area contributed by atoms with Crippen LogP contribution in [0, 0.1) is 0 Å². The van der Waals surface area contributed by atoms with Gasteiger partial charge in [-0.3, -0.25) is 0 Å². The Morgan fingerprint density at radius 2 is 1.47 bits per heavy atom. The highest BCUT2D eigenvalue weighted by Gasteiger charge is 2.48. The number of benzene rings is 4. The molecule has 1 atom stereocenters. The molecule has 4 aromatic carbocycles. The highest BCUT2D eigenvalue weighted by Crippen LogP contribution is 2.42. The summed E-state index contributed by atoms with van der Waals surface area (Å²) in [5, 5.41) is 9.43. The molecule has 9 heteroatoms. The van der Waals surface area contributed by atoms with Crippen molar-refractivity contribution in [1.29, 1.82) is 0 Å². The van der Waals surface area contributed by atoms with Crippen LogP contribution >= 0.6 is 27.5 Å². The Morgan fingerprint density at radius 1 is 0.868 bits per heavy atom. The van der Waals surface area contributed by atoms with E-state index in [1.165, 1.54) is 17.1 Å². The molecular formula is C29H20BrClF3N3O. The number of nitrogens with zero attached hydrogens (tertiary/aromatic N) is 2. The van der Waals surface area contributed by atoms with Crippen molar-refractivity contribution >= 4 is 45.0 Å². The van der Waals surface area contributed by atoms with Crippen LogP contribution in [-0.4, -0.2) is 23.3 Å². The lowest BCUT2D eigenvalue weighted by molar-refractivity contribution is -0.137. The third-order valence-electron chi connectivity index (χ3n) is 6.43. The second-order valence-electron chi connectivity index (χ2n) is 8.80. The van der Waals surface area contributed by atoms with Gasteiger partial charge in [0.2, 0.25) is 0 Å². The smallest absolute Gasteiger partial charge is 0.306 e. The number of anilines is 1. The number of rotatable bonds is 4. The lowest BCUT2D eigenvalue weighted by Crippen LogP contribution is -2.42. The van der Waals surface area contributed by atoms with Crippen LogP contribution in [0.3, 0.4) is 0 Å². The molecule has 2 amide bonds. The average Bonchev–Trinajstić information content (AvgIpc) is 3.33. The Labute approximate surface area is 230 Å². The number of nitrogens with one attached hydrogen (secondary N) is 1. The Balaban J connectivity index is 1.65. The lowest BCUT2D eigenvalue weighted by Gasteiger charge is -2.32. The van der Waals surface area contributed by atoms with Crippen molar-refractivity contribution in [3.05, 3.63) is 135 Å². The van der Waals surface area contributed by atoms with Crippen molar-refractivity contribution in [1.82, 2.24) is 5.01 Å². The van der Waals surface area contributed by atoms with E-state index in [1.54, 1.807) is 48.5 Å². The van der Waals surface area contributed by atoms with Crippen molar-refractivity contribution in [2.24, 2.45) is 5.10 Å². The Kier molecular flexibility index (Phi) is 7.03. The van der Waals surface area contributed by atoms with Crippen LogP contribution in [0.15, 0.2) is 113 Å². The molecule has 0 spiro atoms. The minimum atomic E-state index is -4.47. The maximum Gasteiger partial charge on any atom is 0.416 e. The van der Waals surface area contributed by atoms with Crippen molar-refractivity contribution in [3.8, 4) is 0 Å². The maximum atomic E-state index is 13.4. The number of alkyl halides is 3. The number of hydrogen-bond acceptors (Lipinski definition) is 2. The Morgan fingerprint density at radius 3 is 2.08 bits per heavy atom. The van der Waals surface area contributed by atoms with Gasteiger partial charge in [-0.05, 0) is 65.2 Å². The quantitative estimate of drug-likeness (QED) is 0.252. The standard InChI is InChI=1S/C29H20BrClF3N3O/c30-23-12-16-25(17-13-23)35-27(38)37-18-28(20-4-2-1-3-5-20,21-8-10-22(11-9-21)29(32,33)34)26(36-37)19-6-14-24(31)15-7-19/h1-17H,18H2,(H,35,38). The van der Waals surface area contributed by atoms with Gasteiger partial charge in [-0.1, -0.05) is 82.1 Å². The molecular weight excluding hydrogens is 579 g/mol. The number of hydrogen-bond donors (Lipinski definition) is 1. The highest BCUT2D eigenvalue weighted by molar-refractivity contribution is 9.10. The second kappa shape index (κ2) is 10.3. The second-order valence-corrected chi connectivity index (χ2v) is 10.1. The largest absolute Gasteiger partial charge is 0.416 e. The van der Waals surface area contributed by atoms with Crippen LogP contribution in [0.25, 0.3) is 0 Å². The molecule has 1 unspecified atom stereocenters.